The van der Waals surface area contributed by atoms with Crippen LogP contribution in [0.25, 0.3) is 0 Å². The van der Waals surface area contributed by atoms with Crippen LogP contribution >= 0.6 is 12.4 Å². The van der Waals surface area contributed by atoms with Crippen molar-refractivity contribution in [1.29, 1.82) is 0 Å². The number of carbonyl (C=O) groups excluding carboxylic acids is 1. The smallest absolute Gasteiger partial charge is 0.217 e. The topological polar surface area (TPSA) is 56.0 Å². The molecular weight excluding hydrogens is 200 g/mol. The van der Waals surface area contributed by atoms with Gasteiger partial charge in [-0.3, -0.25) is 9.78 Å². The van der Waals surface area contributed by atoms with Crippen LogP contribution < -0.4 is 5.73 Å². The highest BCUT2D eigenvalue weighted by molar-refractivity contribution is 5.85. The fourth-order valence-corrected chi connectivity index (χ4v) is 1.15. The van der Waals surface area contributed by atoms with Crippen molar-refractivity contribution in [3.05, 3.63) is 30.1 Å². The number of primary amides is 1. The Balaban J connectivity index is 0.00000169. The van der Waals surface area contributed by atoms with Crippen molar-refractivity contribution in [3.8, 4) is 0 Å². The summed E-state index contributed by atoms with van der Waals surface area (Å²) < 4.78 is 0. The van der Waals surface area contributed by atoms with Gasteiger partial charge in [0.1, 0.15) is 0 Å². The maximum absolute atomic E-state index is 10.4. The molecule has 4 heteroatoms. The number of rotatable bonds is 5. The molecule has 0 fully saturated rings. The van der Waals surface area contributed by atoms with E-state index in [-0.39, 0.29) is 18.3 Å². The molecule has 0 aromatic carbocycles. The Morgan fingerprint density at radius 3 is 2.71 bits per heavy atom. The van der Waals surface area contributed by atoms with Gasteiger partial charge in [0.15, 0.2) is 0 Å². The maximum Gasteiger partial charge on any atom is 0.217 e. The molecule has 14 heavy (non-hydrogen) atoms. The quantitative estimate of drug-likeness (QED) is 0.759. The van der Waals surface area contributed by atoms with Crippen LogP contribution in [-0.4, -0.2) is 10.9 Å². The lowest BCUT2D eigenvalue weighted by Gasteiger charge is -1.98. The van der Waals surface area contributed by atoms with Crippen LogP contribution in [0.5, 0.6) is 0 Å². The Hall–Kier alpha value is -1.09. The zero-order valence-electron chi connectivity index (χ0n) is 7.98. The fourth-order valence-electron chi connectivity index (χ4n) is 1.15. The van der Waals surface area contributed by atoms with Gasteiger partial charge in [-0.25, -0.2) is 0 Å². The van der Waals surface area contributed by atoms with Gasteiger partial charge in [0.2, 0.25) is 5.91 Å². The molecule has 2 N–H and O–H groups in total. The Labute approximate surface area is 90.1 Å². The minimum Gasteiger partial charge on any atom is -0.370 e. The second-order valence-corrected chi connectivity index (χ2v) is 2.99. The van der Waals surface area contributed by atoms with E-state index >= 15 is 0 Å². The van der Waals surface area contributed by atoms with Gasteiger partial charge in [0, 0.05) is 18.3 Å². The monoisotopic (exact) mass is 214 g/mol. The first kappa shape index (κ1) is 12.9. The largest absolute Gasteiger partial charge is 0.370 e. The van der Waals surface area contributed by atoms with Crippen molar-refractivity contribution in [2.24, 2.45) is 5.73 Å². The molecule has 0 radical (unpaired) electrons. The predicted octanol–water partition coefficient (Wildman–Crippen LogP) is 1.70. The highest BCUT2D eigenvalue weighted by Gasteiger charge is 1.96. The van der Waals surface area contributed by atoms with E-state index in [1.54, 1.807) is 6.20 Å². The molecule has 1 aromatic rings. The highest BCUT2D eigenvalue weighted by Crippen LogP contribution is 2.02. The molecule has 0 atom stereocenters. The molecule has 0 bridgehead atoms. The van der Waals surface area contributed by atoms with E-state index in [1.807, 2.05) is 18.2 Å². The summed E-state index contributed by atoms with van der Waals surface area (Å²) in [4.78, 5) is 14.6. The van der Waals surface area contributed by atoms with Gasteiger partial charge in [-0.15, -0.1) is 12.4 Å². The second kappa shape index (κ2) is 7.33. The summed E-state index contributed by atoms with van der Waals surface area (Å²) in [6, 6.07) is 5.85. The van der Waals surface area contributed by atoms with Crippen molar-refractivity contribution >= 4 is 18.3 Å². The number of nitrogens with two attached hydrogens (primary N) is 1. The molecule has 1 heterocycles. The number of amides is 1. The minimum atomic E-state index is -0.221. The number of hydrogen-bond acceptors (Lipinski definition) is 2. The highest BCUT2D eigenvalue weighted by atomic mass is 35.5. The van der Waals surface area contributed by atoms with Gasteiger partial charge in [0.05, 0.1) is 0 Å². The molecule has 3 nitrogen and oxygen atoms in total. The molecular formula is C10H15ClN2O. The van der Waals surface area contributed by atoms with Crippen LogP contribution in [0.1, 0.15) is 25.0 Å². The van der Waals surface area contributed by atoms with Crippen LogP contribution in [0.4, 0.5) is 0 Å². The average molecular weight is 215 g/mol. The van der Waals surface area contributed by atoms with E-state index < -0.39 is 0 Å². The Bertz CT molecular complexity index is 264. The molecule has 0 aliphatic heterocycles. The first-order valence-electron chi connectivity index (χ1n) is 4.47. The molecule has 0 aliphatic rings. The van der Waals surface area contributed by atoms with Crippen molar-refractivity contribution in [1.82, 2.24) is 4.98 Å². The standard InChI is InChI=1S/C10H14N2O.ClH/c11-10(13)7-2-1-5-9-6-3-4-8-12-9;/h3-4,6,8H,1-2,5,7H2,(H2,11,13);1H. The number of hydrogen-bond donors (Lipinski definition) is 1. The molecule has 0 spiro atoms. The van der Waals surface area contributed by atoms with Gasteiger partial charge in [-0.1, -0.05) is 6.07 Å². The lowest BCUT2D eigenvalue weighted by atomic mass is 10.1. The predicted molar refractivity (Wildman–Crippen MR) is 58.2 cm³/mol. The Morgan fingerprint density at radius 2 is 2.14 bits per heavy atom. The second-order valence-electron chi connectivity index (χ2n) is 2.99. The third-order valence-corrected chi connectivity index (χ3v) is 1.83. The normalized spacial score (nSPS) is 9.14. The summed E-state index contributed by atoms with van der Waals surface area (Å²) in [6.45, 7) is 0. The van der Waals surface area contributed by atoms with Crippen molar-refractivity contribution in [2.75, 3.05) is 0 Å². The van der Waals surface area contributed by atoms with E-state index in [2.05, 4.69) is 4.98 Å². The summed E-state index contributed by atoms with van der Waals surface area (Å²) in [6.07, 6.45) is 5.01. The summed E-state index contributed by atoms with van der Waals surface area (Å²) in [5, 5.41) is 0. The van der Waals surface area contributed by atoms with E-state index in [1.165, 1.54) is 0 Å². The number of nitrogens with zero attached hydrogens (tertiary/aromatic N) is 1. The van der Waals surface area contributed by atoms with E-state index in [9.17, 15) is 4.79 Å². The van der Waals surface area contributed by atoms with Crippen LogP contribution in [-0.2, 0) is 11.2 Å². The lowest BCUT2D eigenvalue weighted by molar-refractivity contribution is -0.118. The van der Waals surface area contributed by atoms with Gasteiger partial charge < -0.3 is 5.73 Å². The van der Waals surface area contributed by atoms with Crippen molar-refractivity contribution in [3.63, 3.8) is 0 Å². The maximum atomic E-state index is 10.4. The zero-order chi connectivity index (χ0) is 9.52. The zero-order valence-corrected chi connectivity index (χ0v) is 8.80. The number of pyridine rings is 1. The Kier molecular flexibility index (Phi) is 6.76. The third-order valence-electron chi connectivity index (χ3n) is 1.83. The van der Waals surface area contributed by atoms with Gasteiger partial charge >= 0.3 is 0 Å². The summed E-state index contributed by atoms with van der Waals surface area (Å²) in [5.74, 6) is -0.221. The first-order valence-corrected chi connectivity index (χ1v) is 4.47. The van der Waals surface area contributed by atoms with Gasteiger partial charge in [-0.05, 0) is 31.4 Å². The molecule has 1 rings (SSSR count). The minimum absolute atomic E-state index is 0. The lowest BCUT2D eigenvalue weighted by Crippen LogP contribution is -2.09. The summed E-state index contributed by atoms with van der Waals surface area (Å²) in [7, 11) is 0. The molecule has 1 amide bonds. The number of unbranched alkanes of at least 4 members (excludes halogenated alkanes) is 1. The Morgan fingerprint density at radius 1 is 1.36 bits per heavy atom. The summed E-state index contributed by atoms with van der Waals surface area (Å²) in [5.41, 5.74) is 6.09. The number of aryl methyl sites for hydroxylation is 1. The van der Waals surface area contributed by atoms with Crippen LogP contribution in [0.2, 0.25) is 0 Å². The van der Waals surface area contributed by atoms with E-state index in [0.717, 1.165) is 25.0 Å². The van der Waals surface area contributed by atoms with E-state index in [4.69, 9.17) is 5.73 Å². The first-order chi connectivity index (χ1) is 6.29. The van der Waals surface area contributed by atoms with Crippen molar-refractivity contribution < 1.29 is 4.79 Å². The summed E-state index contributed by atoms with van der Waals surface area (Å²) >= 11 is 0. The van der Waals surface area contributed by atoms with Crippen LogP contribution in [0, 0.1) is 0 Å². The van der Waals surface area contributed by atoms with Gasteiger partial charge in [0.25, 0.3) is 0 Å². The third kappa shape index (κ3) is 5.54. The van der Waals surface area contributed by atoms with E-state index in [0.29, 0.717) is 6.42 Å². The number of halogens is 1. The molecule has 0 saturated carbocycles. The van der Waals surface area contributed by atoms with Gasteiger partial charge in [-0.2, -0.15) is 0 Å². The molecule has 0 saturated heterocycles. The molecule has 78 valence electrons. The molecule has 1 aromatic heterocycles. The fraction of sp³-hybridized carbons (Fsp3) is 0.400. The number of aromatic nitrogens is 1. The SMILES string of the molecule is Cl.NC(=O)CCCCc1ccccn1. The van der Waals surface area contributed by atoms with Crippen LogP contribution in [0.3, 0.4) is 0 Å². The average Bonchev–Trinajstić information content (AvgIpc) is 2.14. The molecule has 0 aliphatic carbocycles. The van der Waals surface area contributed by atoms with Crippen LogP contribution in [0.15, 0.2) is 24.4 Å². The molecule has 0 unspecified atom stereocenters. The number of carbonyl (C=O) groups is 1. The van der Waals surface area contributed by atoms with Crippen molar-refractivity contribution in [2.45, 2.75) is 25.7 Å².